The summed E-state index contributed by atoms with van der Waals surface area (Å²) in [4.78, 5) is 37.0. The van der Waals surface area contributed by atoms with E-state index in [1.807, 2.05) is 12.2 Å². The molecule has 4 atom stereocenters. The van der Waals surface area contributed by atoms with Gasteiger partial charge in [-0.15, -0.1) is 0 Å². The van der Waals surface area contributed by atoms with Gasteiger partial charge in [-0.2, -0.15) is 0 Å². The fourth-order valence-electron chi connectivity index (χ4n) is 4.14. The van der Waals surface area contributed by atoms with Crippen molar-refractivity contribution in [2.75, 3.05) is 4.90 Å². The molecule has 4 rings (SSSR count). The maximum Gasteiger partial charge on any atom is 0.269 e. The maximum absolute atomic E-state index is 12.7. The van der Waals surface area contributed by atoms with E-state index in [0.717, 1.165) is 6.42 Å². The lowest BCUT2D eigenvalue weighted by Crippen LogP contribution is -2.33. The minimum atomic E-state index is -0.483. The second kappa shape index (κ2) is 4.25. The average Bonchev–Trinajstić information content (AvgIpc) is 3.14. The Bertz CT molecular complexity index is 725. The zero-order chi connectivity index (χ0) is 15.6. The molecule has 4 unspecified atom stereocenters. The number of allylic oxidation sites excluding steroid dienone is 2. The number of carbonyl (C=O) groups is 2. The lowest BCUT2D eigenvalue weighted by Gasteiger charge is -2.19. The van der Waals surface area contributed by atoms with Crippen LogP contribution in [0.25, 0.3) is 0 Å². The molecule has 2 amide bonds. The lowest BCUT2D eigenvalue weighted by atomic mass is 9.85. The van der Waals surface area contributed by atoms with Crippen LogP contribution in [0.1, 0.15) is 12.0 Å². The normalized spacial score (nSPS) is 32.0. The van der Waals surface area contributed by atoms with E-state index in [4.69, 9.17) is 0 Å². The van der Waals surface area contributed by atoms with Gasteiger partial charge in [0.2, 0.25) is 11.8 Å². The van der Waals surface area contributed by atoms with Crippen LogP contribution >= 0.6 is 0 Å². The van der Waals surface area contributed by atoms with Crippen molar-refractivity contribution in [3.05, 3.63) is 46.0 Å². The van der Waals surface area contributed by atoms with Gasteiger partial charge in [0.05, 0.1) is 22.4 Å². The van der Waals surface area contributed by atoms with Crippen molar-refractivity contribution in [1.29, 1.82) is 0 Å². The summed E-state index contributed by atoms with van der Waals surface area (Å²) in [6, 6.07) is 4.24. The zero-order valence-electron chi connectivity index (χ0n) is 11.9. The quantitative estimate of drug-likeness (QED) is 0.363. The third-order valence-electron chi connectivity index (χ3n) is 5.10. The van der Waals surface area contributed by atoms with Gasteiger partial charge in [0.25, 0.3) is 5.69 Å². The van der Waals surface area contributed by atoms with Gasteiger partial charge in [0.1, 0.15) is 0 Å². The van der Waals surface area contributed by atoms with Crippen LogP contribution < -0.4 is 4.90 Å². The average molecular weight is 298 g/mol. The van der Waals surface area contributed by atoms with Crippen LogP contribution in [-0.4, -0.2) is 16.7 Å². The van der Waals surface area contributed by atoms with Gasteiger partial charge in [-0.1, -0.05) is 12.2 Å². The highest BCUT2D eigenvalue weighted by molar-refractivity contribution is 6.23. The Kier molecular flexibility index (Phi) is 2.55. The summed E-state index contributed by atoms with van der Waals surface area (Å²) >= 11 is 0. The van der Waals surface area contributed by atoms with Crippen LogP contribution in [0.4, 0.5) is 11.4 Å². The second-order valence-corrected chi connectivity index (χ2v) is 6.24. The van der Waals surface area contributed by atoms with E-state index in [2.05, 4.69) is 0 Å². The first-order valence-corrected chi connectivity index (χ1v) is 7.30. The molecule has 0 spiro atoms. The predicted octanol–water partition coefficient (Wildman–Crippen LogP) is 2.21. The molecule has 1 aromatic carbocycles. The van der Waals surface area contributed by atoms with Gasteiger partial charge in [-0.05, 0) is 36.8 Å². The molecule has 1 aliphatic heterocycles. The van der Waals surface area contributed by atoms with Crippen LogP contribution in [0.5, 0.6) is 0 Å². The standard InChI is InChI=1S/C16H14N2O4/c1-8-6-11(18(21)22)4-5-12(8)17-15(19)13-9-2-3-10(7-9)14(13)16(17)20/h2-6,9-10,13-14H,7H2,1H3. The predicted molar refractivity (Wildman–Crippen MR) is 78.0 cm³/mol. The molecular weight excluding hydrogens is 284 g/mol. The third-order valence-corrected chi connectivity index (χ3v) is 5.10. The van der Waals surface area contributed by atoms with Crippen LogP contribution in [0.2, 0.25) is 0 Å². The van der Waals surface area contributed by atoms with Crippen molar-refractivity contribution in [3.8, 4) is 0 Å². The highest BCUT2D eigenvalue weighted by Gasteiger charge is 2.59. The number of nitro benzene ring substituents is 1. The van der Waals surface area contributed by atoms with Gasteiger partial charge < -0.3 is 0 Å². The summed E-state index contributed by atoms with van der Waals surface area (Å²) in [5.41, 5.74) is 0.993. The van der Waals surface area contributed by atoms with Gasteiger partial charge in [-0.3, -0.25) is 19.7 Å². The van der Waals surface area contributed by atoms with Crippen molar-refractivity contribution in [2.45, 2.75) is 13.3 Å². The number of rotatable bonds is 2. The van der Waals surface area contributed by atoms with Gasteiger partial charge in [0, 0.05) is 12.1 Å². The van der Waals surface area contributed by atoms with E-state index >= 15 is 0 Å². The van der Waals surface area contributed by atoms with Crippen LogP contribution in [0, 0.1) is 40.7 Å². The number of hydrogen-bond acceptors (Lipinski definition) is 4. The minimum absolute atomic E-state index is 0.0396. The number of amides is 2. The Hall–Kier alpha value is -2.50. The fourth-order valence-corrected chi connectivity index (χ4v) is 4.14. The van der Waals surface area contributed by atoms with E-state index in [-0.39, 0.29) is 41.2 Å². The lowest BCUT2D eigenvalue weighted by molar-refractivity contribution is -0.384. The molecule has 0 N–H and O–H groups in total. The largest absolute Gasteiger partial charge is 0.274 e. The van der Waals surface area contributed by atoms with E-state index < -0.39 is 4.92 Å². The molecule has 6 nitrogen and oxygen atoms in total. The first kappa shape index (κ1) is 13.2. The van der Waals surface area contributed by atoms with Crippen molar-refractivity contribution in [2.24, 2.45) is 23.7 Å². The SMILES string of the molecule is Cc1cc([N+](=O)[O-])ccc1N1C(=O)C2C3C=CC(C3)C2C1=O. The van der Waals surface area contributed by atoms with Crippen molar-refractivity contribution in [3.63, 3.8) is 0 Å². The molecular formula is C16H14N2O4. The summed E-state index contributed by atoms with van der Waals surface area (Å²) < 4.78 is 0. The third kappa shape index (κ3) is 1.55. The van der Waals surface area contributed by atoms with Gasteiger partial charge in [0.15, 0.2) is 0 Å². The Morgan fingerprint density at radius 1 is 1.14 bits per heavy atom. The summed E-state index contributed by atoms with van der Waals surface area (Å²) in [6.45, 7) is 1.68. The number of carbonyl (C=O) groups excluding carboxylic acids is 2. The van der Waals surface area contributed by atoms with Crippen molar-refractivity contribution >= 4 is 23.2 Å². The van der Waals surface area contributed by atoms with E-state index in [0.29, 0.717) is 11.3 Å². The van der Waals surface area contributed by atoms with Crippen LogP contribution in [0.15, 0.2) is 30.4 Å². The summed E-state index contributed by atoms with van der Waals surface area (Å²) in [7, 11) is 0. The van der Waals surface area contributed by atoms with Gasteiger partial charge in [-0.25, -0.2) is 4.90 Å². The number of nitro groups is 1. The number of nitrogens with zero attached hydrogens (tertiary/aromatic N) is 2. The number of aryl methyl sites for hydroxylation is 1. The van der Waals surface area contributed by atoms with Crippen LogP contribution in [0.3, 0.4) is 0 Å². The second-order valence-electron chi connectivity index (χ2n) is 6.24. The Morgan fingerprint density at radius 3 is 2.23 bits per heavy atom. The number of fused-ring (bicyclic) bond motifs is 5. The first-order valence-electron chi connectivity index (χ1n) is 7.30. The molecule has 22 heavy (non-hydrogen) atoms. The van der Waals surface area contributed by atoms with Gasteiger partial charge >= 0.3 is 0 Å². The molecule has 0 radical (unpaired) electrons. The van der Waals surface area contributed by atoms with E-state index in [1.54, 1.807) is 6.92 Å². The molecule has 112 valence electrons. The first-order chi connectivity index (χ1) is 10.5. The molecule has 1 saturated carbocycles. The molecule has 1 heterocycles. The zero-order valence-corrected chi connectivity index (χ0v) is 11.9. The molecule has 1 saturated heterocycles. The number of imide groups is 1. The fraction of sp³-hybridized carbons (Fsp3) is 0.375. The van der Waals surface area contributed by atoms with Crippen molar-refractivity contribution in [1.82, 2.24) is 0 Å². The van der Waals surface area contributed by atoms with E-state index in [9.17, 15) is 19.7 Å². The molecule has 2 aliphatic carbocycles. The van der Waals surface area contributed by atoms with Crippen LogP contribution in [-0.2, 0) is 9.59 Å². The highest BCUT2D eigenvalue weighted by Crippen LogP contribution is 2.53. The number of benzene rings is 1. The monoisotopic (exact) mass is 298 g/mol. The highest BCUT2D eigenvalue weighted by atomic mass is 16.6. The molecule has 0 aromatic heterocycles. The topological polar surface area (TPSA) is 80.5 Å². The number of anilines is 1. The Balaban J connectivity index is 1.74. The molecule has 3 aliphatic rings. The maximum atomic E-state index is 12.7. The summed E-state index contributed by atoms with van der Waals surface area (Å²) in [5, 5.41) is 10.8. The Labute approximate surface area is 126 Å². The summed E-state index contributed by atoms with van der Waals surface area (Å²) in [6.07, 6.45) is 4.98. The summed E-state index contributed by atoms with van der Waals surface area (Å²) in [5.74, 6) is -0.508. The molecule has 2 bridgehead atoms. The molecule has 2 fully saturated rings. The number of hydrogen-bond donors (Lipinski definition) is 0. The van der Waals surface area contributed by atoms with E-state index in [1.165, 1.54) is 23.1 Å². The minimum Gasteiger partial charge on any atom is -0.274 e. The molecule has 6 heteroatoms. The number of non-ortho nitro benzene ring substituents is 1. The Morgan fingerprint density at radius 2 is 1.73 bits per heavy atom. The van der Waals surface area contributed by atoms with Crippen molar-refractivity contribution < 1.29 is 14.5 Å². The smallest absolute Gasteiger partial charge is 0.269 e. The molecule has 1 aromatic rings.